The smallest absolute Gasteiger partial charge is 0.264 e. The second-order valence-corrected chi connectivity index (χ2v) is 2.66. The van der Waals surface area contributed by atoms with E-state index in [2.05, 4.69) is 10.3 Å². The van der Waals surface area contributed by atoms with E-state index >= 15 is 0 Å². The maximum absolute atomic E-state index is 10.9. The first-order valence-electron chi connectivity index (χ1n) is 3.76. The lowest BCUT2D eigenvalue weighted by Gasteiger charge is -2.18. The highest BCUT2D eigenvalue weighted by molar-refractivity contribution is 6.38. The maximum Gasteiger partial charge on any atom is 0.264 e. The van der Waals surface area contributed by atoms with Crippen molar-refractivity contribution in [1.29, 1.82) is 0 Å². The molecule has 1 amide bonds. The summed E-state index contributed by atoms with van der Waals surface area (Å²) in [6.45, 7) is 2.97. The lowest BCUT2D eigenvalue weighted by Crippen LogP contribution is -2.41. The number of carbonyl (C=O) groups is 1. The molecule has 1 aliphatic rings. The summed E-state index contributed by atoms with van der Waals surface area (Å²) in [7, 11) is 0. The van der Waals surface area contributed by atoms with Gasteiger partial charge < -0.3 is 11.1 Å². The molecule has 11 heavy (non-hydrogen) atoms. The Bertz CT molecular complexity index is 188. The third-order valence-electron chi connectivity index (χ3n) is 1.70. The Kier molecular flexibility index (Phi) is 2.59. The minimum absolute atomic E-state index is 0.0572. The number of hydrogen-bond acceptors (Lipinski definition) is 3. The molecule has 3 N–H and O–H groups in total. The number of nitrogens with zero attached hydrogens (tertiary/aromatic N) is 1. The summed E-state index contributed by atoms with van der Waals surface area (Å²) in [5, 5.41) is 2.74. The van der Waals surface area contributed by atoms with Gasteiger partial charge in [0.25, 0.3) is 5.91 Å². The highest BCUT2D eigenvalue weighted by atomic mass is 16.1. The zero-order valence-corrected chi connectivity index (χ0v) is 6.63. The first-order valence-corrected chi connectivity index (χ1v) is 3.76. The molecule has 0 aliphatic carbocycles. The van der Waals surface area contributed by atoms with Gasteiger partial charge in [0.05, 0.1) is 11.8 Å². The highest BCUT2D eigenvalue weighted by Crippen LogP contribution is 2.00. The van der Waals surface area contributed by atoms with E-state index in [4.69, 9.17) is 5.73 Å². The zero-order chi connectivity index (χ0) is 8.27. The van der Waals surface area contributed by atoms with Crippen LogP contribution in [0, 0.1) is 0 Å². The van der Waals surface area contributed by atoms with Crippen molar-refractivity contribution in [2.45, 2.75) is 19.4 Å². The number of aliphatic imine (C=N–C) groups is 1. The third kappa shape index (κ3) is 2.01. The van der Waals surface area contributed by atoms with E-state index in [1.807, 2.05) is 0 Å². The molecule has 0 aromatic heterocycles. The van der Waals surface area contributed by atoms with E-state index in [0.29, 0.717) is 18.8 Å². The van der Waals surface area contributed by atoms with E-state index in [0.717, 1.165) is 6.42 Å². The summed E-state index contributed by atoms with van der Waals surface area (Å²) >= 11 is 0. The molecule has 0 radical (unpaired) electrons. The number of rotatable bonds is 2. The Labute approximate surface area is 65.9 Å². The van der Waals surface area contributed by atoms with Crippen LogP contribution in [0.25, 0.3) is 0 Å². The number of carbonyl (C=O) groups excluding carboxylic acids is 1. The number of hydrogen-bond donors (Lipinski definition) is 2. The molecule has 0 bridgehead atoms. The monoisotopic (exact) mass is 155 g/mol. The van der Waals surface area contributed by atoms with Crippen molar-refractivity contribution < 1.29 is 4.79 Å². The topological polar surface area (TPSA) is 67.5 Å². The van der Waals surface area contributed by atoms with E-state index < -0.39 is 0 Å². The lowest BCUT2D eigenvalue weighted by atomic mass is 10.1. The van der Waals surface area contributed by atoms with Gasteiger partial charge in [0.2, 0.25) is 0 Å². The van der Waals surface area contributed by atoms with Crippen LogP contribution in [0.15, 0.2) is 4.99 Å². The summed E-state index contributed by atoms with van der Waals surface area (Å²) in [4.78, 5) is 15.0. The number of nitrogens with two attached hydrogens (primary N) is 1. The van der Waals surface area contributed by atoms with Crippen LogP contribution in [0.3, 0.4) is 0 Å². The van der Waals surface area contributed by atoms with Gasteiger partial charge in [0.15, 0.2) is 0 Å². The normalized spacial score (nSPS) is 24.4. The molecule has 1 atom stereocenters. The van der Waals surface area contributed by atoms with Gasteiger partial charge in [-0.1, -0.05) is 0 Å². The van der Waals surface area contributed by atoms with Crippen LogP contribution >= 0.6 is 0 Å². The van der Waals surface area contributed by atoms with Crippen LogP contribution < -0.4 is 11.1 Å². The van der Waals surface area contributed by atoms with E-state index in [9.17, 15) is 4.79 Å². The molecular formula is C7H13N3O. The van der Waals surface area contributed by atoms with E-state index in [1.165, 1.54) is 0 Å². The molecule has 0 saturated carbocycles. The Balaban J connectivity index is 2.54. The number of amides is 1. The molecular weight excluding hydrogens is 142 g/mol. The molecule has 0 aromatic rings. The van der Waals surface area contributed by atoms with Crippen LogP contribution in [0.1, 0.15) is 13.3 Å². The van der Waals surface area contributed by atoms with Crippen molar-refractivity contribution in [3.8, 4) is 0 Å². The van der Waals surface area contributed by atoms with Gasteiger partial charge in [-0.3, -0.25) is 9.79 Å². The molecule has 1 aliphatic heterocycles. The Morgan fingerprint density at radius 3 is 3.09 bits per heavy atom. The minimum Gasteiger partial charge on any atom is -0.349 e. The van der Waals surface area contributed by atoms with Gasteiger partial charge >= 0.3 is 0 Å². The zero-order valence-electron chi connectivity index (χ0n) is 6.63. The molecule has 1 rings (SSSR count). The van der Waals surface area contributed by atoms with Crippen molar-refractivity contribution in [1.82, 2.24) is 5.32 Å². The first-order chi connectivity index (χ1) is 5.24. The number of nitrogens with one attached hydrogen (secondary N) is 1. The Hall–Kier alpha value is -0.900. The van der Waals surface area contributed by atoms with Crippen molar-refractivity contribution in [2.24, 2.45) is 10.7 Å². The molecule has 0 spiro atoms. The molecule has 1 heterocycles. The van der Waals surface area contributed by atoms with Crippen molar-refractivity contribution >= 4 is 11.6 Å². The molecule has 0 saturated heterocycles. The molecule has 62 valence electrons. The summed E-state index contributed by atoms with van der Waals surface area (Å²) in [5.74, 6) is -0.0572. The Morgan fingerprint density at radius 1 is 1.82 bits per heavy atom. The van der Waals surface area contributed by atoms with Crippen molar-refractivity contribution in [3.63, 3.8) is 0 Å². The fourth-order valence-electron chi connectivity index (χ4n) is 1.08. The van der Waals surface area contributed by atoms with Crippen LogP contribution in [0.4, 0.5) is 0 Å². The van der Waals surface area contributed by atoms with E-state index in [1.54, 1.807) is 6.92 Å². The average Bonchev–Trinajstić information content (AvgIpc) is 1.98. The summed E-state index contributed by atoms with van der Waals surface area (Å²) in [6.07, 6.45) is 0.845. The maximum atomic E-state index is 10.9. The first kappa shape index (κ1) is 8.20. The highest BCUT2D eigenvalue weighted by Gasteiger charge is 2.16. The van der Waals surface area contributed by atoms with Crippen LogP contribution in [-0.4, -0.2) is 30.8 Å². The van der Waals surface area contributed by atoms with Crippen molar-refractivity contribution in [2.75, 3.05) is 13.1 Å². The van der Waals surface area contributed by atoms with Crippen LogP contribution in [0.5, 0.6) is 0 Å². The van der Waals surface area contributed by atoms with Gasteiger partial charge in [0.1, 0.15) is 0 Å². The fraction of sp³-hybridized carbons (Fsp3) is 0.714. The molecule has 4 nitrogen and oxygen atoms in total. The van der Waals surface area contributed by atoms with Crippen molar-refractivity contribution in [3.05, 3.63) is 0 Å². The summed E-state index contributed by atoms with van der Waals surface area (Å²) < 4.78 is 0. The molecule has 4 heteroatoms. The largest absolute Gasteiger partial charge is 0.349 e. The minimum atomic E-state index is -0.0572. The molecule has 1 unspecified atom stereocenters. The van der Waals surface area contributed by atoms with Gasteiger partial charge in [-0.25, -0.2) is 0 Å². The second kappa shape index (κ2) is 3.48. The standard InChI is InChI=1S/C7H13N3O/c1-5-7(11)9-4-6(10-5)2-3-8/h6H,2-4,8H2,1H3,(H,9,11). The third-order valence-corrected chi connectivity index (χ3v) is 1.70. The van der Waals surface area contributed by atoms with Crippen LogP contribution in [-0.2, 0) is 4.79 Å². The second-order valence-electron chi connectivity index (χ2n) is 2.66. The van der Waals surface area contributed by atoms with Gasteiger partial charge in [-0.2, -0.15) is 0 Å². The van der Waals surface area contributed by atoms with Gasteiger partial charge in [0, 0.05) is 6.54 Å². The van der Waals surface area contributed by atoms with Crippen LogP contribution in [0.2, 0.25) is 0 Å². The van der Waals surface area contributed by atoms with Gasteiger partial charge in [-0.05, 0) is 19.9 Å². The quantitative estimate of drug-likeness (QED) is 0.553. The predicted octanol–water partition coefficient (Wildman–Crippen LogP) is -0.705. The van der Waals surface area contributed by atoms with E-state index in [-0.39, 0.29) is 11.9 Å². The summed E-state index contributed by atoms with van der Waals surface area (Å²) in [6, 6.07) is 0.192. The summed E-state index contributed by atoms with van der Waals surface area (Å²) in [5.41, 5.74) is 5.92. The van der Waals surface area contributed by atoms with Gasteiger partial charge in [-0.15, -0.1) is 0 Å². The SMILES string of the molecule is CC1=NC(CCN)CNC1=O. The fourth-order valence-corrected chi connectivity index (χ4v) is 1.08. The lowest BCUT2D eigenvalue weighted by molar-refractivity contribution is -0.115. The molecule has 0 fully saturated rings. The Morgan fingerprint density at radius 2 is 2.55 bits per heavy atom. The predicted molar refractivity (Wildman–Crippen MR) is 43.6 cm³/mol. The average molecular weight is 155 g/mol. The molecule has 0 aromatic carbocycles.